The zero-order chi connectivity index (χ0) is 14.1. The van der Waals surface area contributed by atoms with Gasteiger partial charge in [0.25, 0.3) is 0 Å². The number of nitrogens with zero attached hydrogens (tertiary/aromatic N) is 1. The van der Waals surface area contributed by atoms with Gasteiger partial charge in [-0.25, -0.2) is 9.37 Å². The molecule has 2 heteroatoms. The van der Waals surface area contributed by atoms with E-state index in [4.69, 9.17) is 0 Å². The molecule has 0 aliphatic rings. The maximum Gasteiger partial charge on any atom is 0.123 e. The van der Waals surface area contributed by atoms with Crippen LogP contribution in [0.1, 0.15) is 12.6 Å². The average molecular weight is 263 g/mol. The van der Waals surface area contributed by atoms with Crippen LogP contribution in [0.15, 0.2) is 61.2 Å². The number of hydrogen-bond acceptors (Lipinski definition) is 1. The van der Waals surface area contributed by atoms with Crippen molar-refractivity contribution in [2.24, 2.45) is 0 Å². The molecule has 0 N–H and O–H groups in total. The molecule has 2 aromatic carbocycles. The van der Waals surface area contributed by atoms with Gasteiger partial charge in [0.1, 0.15) is 5.82 Å². The summed E-state index contributed by atoms with van der Waals surface area (Å²) in [6.45, 7) is 5.86. The molecule has 0 radical (unpaired) electrons. The Balaban J connectivity index is 2.13. The Morgan fingerprint density at radius 1 is 0.950 bits per heavy atom. The van der Waals surface area contributed by atoms with E-state index in [1.165, 1.54) is 12.1 Å². The zero-order valence-corrected chi connectivity index (χ0v) is 11.2. The molecule has 1 aromatic heterocycles. The van der Waals surface area contributed by atoms with Crippen LogP contribution in [0, 0.1) is 5.82 Å². The molecule has 0 aliphatic carbocycles. The molecule has 0 atom stereocenters. The lowest BCUT2D eigenvalue weighted by atomic mass is 10.0. The third-order valence-electron chi connectivity index (χ3n) is 3.31. The first-order valence-electron chi connectivity index (χ1n) is 6.46. The van der Waals surface area contributed by atoms with E-state index in [-0.39, 0.29) is 5.82 Å². The van der Waals surface area contributed by atoms with Crippen molar-refractivity contribution in [1.82, 2.24) is 4.98 Å². The number of pyridine rings is 1. The minimum absolute atomic E-state index is 0.225. The second-order valence-corrected chi connectivity index (χ2v) is 4.89. The van der Waals surface area contributed by atoms with Crippen LogP contribution < -0.4 is 0 Å². The summed E-state index contributed by atoms with van der Waals surface area (Å²) in [4.78, 5) is 4.60. The van der Waals surface area contributed by atoms with Crippen LogP contribution >= 0.6 is 0 Å². The first kappa shape index (κ1) is 12.5. The Morgan fingerprint density at radius 3 is 2.30 bits per heavy atom. The van der Waals surface area contributed by atoms with Gasteiger partial charge in [-0.05, 0) is 47.9 Å². The Morgan fingerprint density at radius 2 is 1.60 bits per heavy atom. The fourth-order valence-electron chi connectivity index (χ4n) is 2.18. The van der Waals surface area contributed by atoms with Gasteiger partial charge in [0.05, 0.1) is 11.2 Å². The molecule has 3 rings (SSSR count). The number of fused-ring (bicyclic) bond motifs is 1. The number of benzene rings is 2. The summed E-state index contributed by atoms with van der Waals surface area (Å²) < 4.78 is 13.0. The molecule has 0 bridgehead atoms. The molecule has 98 valence electrons. The lowest BCUT2D eigenvalue weighted by molar-refractivity contribution is 0.628. The molecule has 0 spiro atoms. The van der Waals surface area contributed by atoms with Crippen LogP contribution in [-0.2, 0) is 0 Å². The van der Waals surface area contributed by atoms with Crippen LogP contribution in [0.3, 0.4) is 0 Å². The molecule has 20 heavy (non-hydrogen) atoms. The highest BCUT2D eigenvalue weighted by Crippen LogP contribution is 2.24. The fraction of sp³-hybridized carbons (Fsp3) is 0.0556. The highest BCUT2D eigenvalue weighted by Gasteiger charge is 2.03. The Bertz CT molecular complexity index is 788. The normalized spacial score (nSPS) is 10.7. The van der Waals surface area contributed by atoms with Gasteiger partial charge in [0.15, 0.2) is 0 Å². The summed E-state index contributed by atoms with van der Waals surface area (Å²) in [5, 5.41) is 1.08. The Kier molecular flexibility index (Phi) is 3.07. The topological polar surface area (TPSA) is 12.9 Å². The van der Waals surface area contributed by atoms with Crippen LogP contribution in [0.25, 0.3) is 27.6 Å². The minimum atomic E-state index is -0.225. The molecular weight excluding hydrogens is 249 g/mol. The highest BCUT2D eigenvalue weighted by molar-refractivity contribution is 5.85. The van der Waals surface area contributed by atoms with Gasteiger partial charge in [0, 0.05) is 5.39 Å². The summed E-state index contributed by atoms with van der Waals surface area (Å²) in [7, 11) is 0. The molecule has 0 aliphatic heterocycles. The van der Waals surface area contributed by atoms with Crippen molar-refractivity contribution in [1.29, 1.82) is 0 Å². The molecule has 3 aromatic rings. The quantitative estimate of drug-likeness (QED) is 0.628. The molecule has 0 unspecified atom stereocenters. The summed E-state index contributed by atoms with van der Waals surface area (Å²) in [6.07, 6.45) is 0. The minimum Gasteiger partial charge on any atom is -0.248 e. The van der Waals surface area contributed by atoms with Crippen molar-refractivity contribution >= 4 is 16.5 Å². The molecular formula is C18H14FN. The molecule has 1 nitrogen and oxygen atoms in total. The Labute approximate surface area is 117 Å². The van der Waals surface area contributed by atoms with E-state index in [9.17, 15) is 4.39 Å². The van der Waals surface area contributed by atoms with Crippen LogP contribution in [0.2, 0.25) is 0 Å². The van der Waals surface area contributed by atoms with Crippen LogP contribution in [0.5, 0.6) is 0 Å². The van der Waals surface area contributed by atoms with Gasteiger partial charge in [-0.2, -0.15) is 0 Å². The van der Waals surface area contributed by atoms with E-state index in [0.29, 0.717) is 0 Å². The maximum atomic E-state index is 13.0. The summed E-state index contributed by atoms with van der Waals surface area (Å²) in [5.74, 6) is -0.225. The molecule has 1 heterocycles. The van der Waals surface area contributed by atoms with Crippen LogP contribution in [0.4, 0.5) is 4.39 Å². The fourth-order valence-corrected chi connectivity index (χ4v) is 2.18. The number of aromatic nitrogens is 1. The highest BCUT2D eigenvalue weighted by atomic mass is 19.1. The first-order chi connectivity index (χ1) is 9.63. The lowest BCUT2D eigenvalue weighted by Crippen LogP contribution is -1.87. The zero-order valence-electron chi connectivity index (χ0n) is 11.2. The van der Waals surface area contributed by atoms with E-state index in [2.05, 4.69) is 11.6 Å². The third kappa shape index (κ3) is 2.32. The monoisotopic (exact) mass is 263 g/mol. The van der Waals surface area contributed by atoms with E-state index in [1.54, 1.807) is 12.1 Å². The second-order valence-electron chi connectivity index (χ2n) is 4.89. The molecule has 0 amide bonds. The van der Waals surface area contributed by atoms with Crippen LogP contribution in [-0.4, -0.2) is 4.98 Å². The van der Waals surface area contributed by atoms with Gasteiger partial charge < -0.3 is 0 Å². The van der Waals surface area contributed by atoms with Crippen molar-refractivity contribution in [2.75, 3.05) is 0 Å². The third-order valence-corrected chi connectivity index (χ3v) is 3.31. The van der Waals surface area contributed by atoms with Crippen molar-refractivity contribution < 1.29 is 4.39 Å². The average Bonchev–Trinajstić information content (AvgIpc) is 2.47. The van der Waals surface area contributed by atoms with Crippen molar-refractivity contribution in [3.05, 3.63) is 72.7 Å². The summed E-state index contributed by atoms with van der Waals surface area (Å²) in [6, 6.07) is 16.6. The van der Waals surface area contributed by atoms with Crippen molar-refractivity contribution in [3.63, 3.8) is 0 Å². The smallest absolute Gasteiger partial charge is 0.123 e. The van der Waals surface area contributed by atoms with E-state index >= 15 is 0 Å². The summed E-state index contributed by atoms with van der Waals surface area (Å²) in [5.41, 5.74) is 4.78. The molecule has 0 fully saturated rings. The number of halogens is 1. The number of allylic oxidation sites excluding steroid dienone is 1. The van der Waals surface area contributed by atoms with Gasteiger partial charge in [-0.15, -0.1) is 0 Å². The maximum absolute atomic E-state index is 13.0. The number of hydrogen-bond donors (Lipinski definition) is 0. The molecule has 0 saturated heterocycles. The van der Waals surface area contributed by atoms with Gasteiger partial charge >= 0.3 is 0 Å². The van der Waals surface area contributed by atoms with Gasteiger partial charge in [0.2, 0.25) is 0 Å². The van der Waals surface area contributed by atoms with Crippen molar-refractivity contribution in [2.45, 2.75) is 6.92 Å². The molecule has 0 saturated carbocycles. The second kappa shape index (κ2) is 4.89. The first-order valence-corrected chi connectivity index (χ1v) is 6.46. The number of rotatable bonds is 2. The van der Waals surface area contributed by atoms with Gasteiger partial charge in [-0.3, -0.25) is 0 Å². The van der Waals surface area contributed by atoms with E-state index in [1.807, 2.05) is 37.3 Å². The summed E-state index contributed by atoms with van der Waals surface area (Å²) >= 11 is 0. The van der Waals surface area contributed by atoms with E-state index < -0.39 is 0 Å². The standard InChI is InChI=1S/C18H14FN/c1-12(2)17-10-7-14-3-4-15(11-18(14)20-17)13-5-8-16(19)9-6-13/h3-11H,1H2,2H3. The largest absolute Gasteiger partial charge is 0.248 e. The van der Waals surface area contributed by atoms with Crippen molar-refractivity contribution in [3.8, 4) is 11.1 Å². The predicted molar refractivity (Wildman–Crippen MR) is 81.8 cm³/mol. The van der Waals surface area contributed by atoms with E-state index in [0.717, 1.165) is 33.3 Å². The lowest BCUT2D eigenvalue weighted by Gasteiger charge is -2.06. The predicted octanol–water partition coefficient (Wildman–Crippen LogP) is 5.07. The van der Waals surface area contributed by atoms with Gasteiger partial charge in [-0.1, -0.05) is 36.9 Å². The SMILES string of the molecule is C=C(C)c1ccc2ccc(-c3ccc(F)cc3)cc2n1. The Hall–Kier alpha value is -2.48.